The zero-order valence-corrected chi connectivity index (χ0v) is 15.0. The molecule has 0 saturated heterocycles. The van der Waals surface area contributed by atoms with Gasteiger partial charge in [0.15, 0.2) is 0 Å². The molecule has 0 spiro atoms. The van der Waals surface area contributed by atoms with E-state index in [2.05, 4.69) is 20.9 Å². The highest BCUT2D eigenvalue weighted by molar-refractivity contribution is 5.92. The van der Waals surface area contributed by atoms with Gasteiger partial charge >= 0.3 is 0 Å². The maximum absolute atomic E-state index is 12.0. The Morgan fingerprint density at radius 3 is 2.85 bits per heavy atom. The molecular formula is C20H24N4O2. The van der Waals surface area contributed by atoms with E-state index < -0.39 is 0 Å². The number of fused-ring (bicyclic) bond motifs is 1. The summed E-state index contributed by atoms with van der Waals surface area (Å²) in [5.74, 6) is 0.883. The van der Waals surface area contributed by atoms with Crippen LogP contribution in [0.1, 0.15) is 29.7 Å². The highest BCUT2D eigenvalue weighted by Crippen LogP contribution is 2.17. The van der Waals surface area contributed by atoms with Gasteiger partial charge in [0.05, 0.1) is 17.6 Å². The molecule has 3 aromatic rings. The molecular weight excluding hydrogens is 328 g/mol. The Bertz CT molecular complexity index is 845. The number of amides is 1. The molecule has 0 aliphatic rings. The quantitative estimate of drug-likeness (QED) is 0.601. The van der Waals surface area contributed by atoms with E-state index in [0.29, 0.717) is 25.5 Å². The van der Waals surface area contributed by atoms with Crippen molar-refractivity contribution in [3.8, 4) is 0 Å². The average molecular weight is 352 g/mol. The molecule has 0 unspecified atom stereocenters. The van der Waals surface area contributed by atoms with E-state index in [0.717, 1.165) is 36.2 Å². The van der Waals surface area contributed by atoms with Crippen LogP contribution in [0.15, 0.2) is 48.7 Å². The van der Waals surface area contributed by atoms with Crippen LogP contribution >= 0.6 is 0 Å². The van der Waals surface area contributed by atoms with Crippen molar-refractivity contribution in [2.75, 3.05) is 19.8 Å². The number of imidazole rings is 1. The van der Waals surface area contributed by atoms with Gasteiger partial charge in [0.2, 0.25) is 0 Å². The topological polar surface area (TPSA) is 69.0 Å². The third kappa shape index (κ3) is 4.46. The van der Waals surface area contributed by atoms with Crippen LogP contribution in [0.25, 0.3) is 11.0 Å². The van der Waals surface area contributed by atoms with Crippen LogP contribution in [0, 0.1) is 0 Å². The fourth-order valence-corrected chi connectivity index (χ4v) is 2.90. The van der Waals surface area contributed by atoms with Gasteiger partial charge < -0.3 is 14.6 Å². The maximum atomic E-state index is 12.0. The minimum atomic E-state index is -0.143. The minimum Gasteiger partial charge on any atom is -0.380 e. The van der Waals surface area contributed by atoms with Crippen molar-refractivity contribution in [2.45, 2.75) is 26.3 Å². The molecule has 1 aromatic carbocycles. The Hall–Kier alpha value is -2.73. The van der Waals surface area contributed by atoms with E-state index in [-0.39, 0.29) is 5.91 Å². The summed E-state index contributed by atoms with van der Waals surface area (Å²) in [5.41, 5.74) is 2.56. The summed E-state index contributed by atoms with van der Waals surface area (Å²) >= 11 is 0. The van der Waals surface area contributed by atoms with E-state index in [9.17, 15) is 4.79 Å². The lowest BCUT2D eigenvalue weighted by molar-refractivity contribution is 0.0948. The van der Waals surface area contributed by atoms with Crippen molar-refractivity contribution in [1.82, 2.24) is 19.9 Å². The van der Waals surface area contributed by atoms with Gasteiger partial charge in [0.1, 0.15) is 11.5 Å². The van der Waals surface area contributed by atoms with Crippen molar-refractivity contribution >= 4 is 16.9 Å². The van der Waals surface area contributed by atoms with Gasteiger partial charge in [-0.15, -0.1) is 0 Å². The number of aryl methyl sites for hydroxylation is 1. The Kier molecular flexibility index (Phi) is 6.33. The highest BCUT2D eigenvalue weighted by Gasteiger charge is 2.11. The molecule has 2 heterocycles. The van der Waals surface area contributed by atoms with Crippen LogP contribution in [0.5, 0.6) is 0 Å². The van der Waals surface area contributed by atoms with Gasteiger partial charge in [0, 0.05) is 32.3 Å². The molecule has 0 fully saturated rings. The number of carbonyl (C=O) groups excluding carboxylic acids is 1. The molecule has 6 heteroatoms. The fourth-order valence-electron chi connectivity index (χ4n) is 2.90. The number of para-hydroxylation sites is 2. The van der Waals surface area contributed by atoms with Crippen LogP contribution < -0.4 is 5.32 Å². The molecule has 0 atom stereocenters. The molecule has 3 rings (SSSR count). The first kappa shape index (κ1) is 18.1. The molecule has 2 aromatic heterocycles. The van der Waals surface area contributed by atoms with E-state index in [1.807, 2.05) is 31.2 Å². The number of carbonyl (C=O) groups is 1. The number of aromatic nitrogens is 3. The summed E-state index contributed by atoms with van der Waals surface area (Å²) in [6.45, 7) is 4.74. The van der Waals surface area contributed by atoms with Crippen LogP contribution in [-0.2, 0) is 17.7 Å². The molecule has 1 N–H and O–H groups in total. The molecule has 26 heavy (non-hydrogen) atoms. The molecule has 1 amide bonds. The smallest absolute Gasteiger partial charge is 0.269 e. The van der Waals surface area contributed by atoms with Crippen molar-refractivity contribution < 1.29 is 9.53 Å². The van der Waals surface area contributed by atoms with Crippen LogP contribution in [0.3, 0.4) is 0 Å². The molecule has 136 valence electrons. The number of hydrogen-bond acceptors (Lipinski definition) is 4. The first-order valence-corrected chi connectivity index (χ1v) is 9.00. The zero-order chi connectivity index (χ0) is 18.2. The SMILES string of the molecule is CCOCCn1c(CCCNC(=O)c2ccccn2)nc2ccccc21. The van der Waals surface area contributed by atoms with Crippen molar-refractivity contribution in [3.05, 3.63) is 60.2 Å². The largest absolute Gasteiger partial charge is 0.380 e. The summed E-state index contributed by atoms with van der Waals surface area (Å²) < 4.78 is 7.72. The predicted molar refractivity (Wildman–Crippen MR) is 101 cm³/mol. The third-order valence-corrected chi connectivity index (χ3v) is 4.16. The number of rotatable bonds is 9. The average Bonchev–Trinajstić information content (AvgIpc) is 3.03. The van der Waals surface area contributed by atoms with Crippen LogP contribution in [0.4, 0.5) is 0 Å². The highest BCUT2D eigenvalue weighted by atomic mass is 16.5. The van der Waals surface area contributed by atoms with Crippen LogP contribution in [0.2, 0.25) is 0 Å². The van der Waals surface area contributed by atoms with Crippen LogP contribution in [-0.4, -0.2) is 40.2 Å². The fraction of sp³-hybridized carbons (Fsp3) is 0.350. The minimum absolute atomic E-state index is 0.143. The summed E-state index contributed by atoms with van der Waals surface area (Å²) in [7, 11) is 0. The Balaban J connectivity index is 1.59. The van der Waals surface area contributed by atoms with Gasteiger partial charge in [0.25, 0.3) is 5.91 Å². The summed E-state index contributed by atoms with van der Waals surface area (Å²) in [5, 5.41) is 2.91. The predicted octanol–water partition coefficient (Wildman–Crippen LogP) is 2.83. The lowest BCUT2D eigenvalue weighted by Crippen LogP contribution is -2.25. The number of hydrogen-bond donors (Lipinski definition) is 1. The lowest BCUT2D eigenvalue weighted by atomic mass is 10.2. The van der Waals surface area contributed by atoms with Gasteiger partial charge in [-0.25, -0.2) is 4.98 Å². The standard InChI is InChI=1S/C20H24N4O2/c1-2-26-15-14-24-18-10-4-3-8-16(18)23-19(24)11-7-13-22-20(25)17-9-5-6-12-21-17/h3-6,8-10,12H,2,7,11,13-15H2,1H3,(H,22,25). The number of nitrogens with one attached hydrogen (secondary N) is 1. The Morgan fingerprint density at radius 2 is 2.04 bits per heavy atom. The second kappa shape index (κ2) is 9.10. The molecule has 6 nitrogen and oxygen atoms in total. The normalized spacial score (nSPS) is 11.0. The summed E-state index contributed by atoms with van der Waals surface area (Å²) in [6.07, 6.45) is 3.23. The number of benzene rings is 1. The number of ether oxygens (including phenoxy) is 1. The van der Waals surface area contributed by atoms with E-state index in [1.54, 1.807) is 18.3 Å². The van der Waals surface area contributed by atoms with E-state index in [1.165, 1.54) is 0 Å². The molecule has 0 saturated carbocycles. The third-order valence-electron chi connectivity index (χ3n) is 4.16. The van der Waals surface area contributed by atoms with Crippen molar-refractivity contribution in [1.29, 1.82) is 0 Å². The zero-order valence-electron chi connectivity index (χ0n) is 15.0. The first-order chi connectivity index (χ1) is 12.8. The summed E-state index contributed by atoms with van der Waals surface area (Å²) in [6, 6.07) is 13.4. The maximum Gasteiger partial charge on any atom is 0.269 e. The Morgan fingerprint density at radius 1 is 1.19 bits per heavy atom. The molecule has 0 radical (unpaired) electrons. The second-order valence-corrected chi connectivity index (χ2v) is 5.94. The van der Waals surface area contributed by atoms with Crippen molar-refractivity contribution in [3.63, 3.8) is 0 Å². The van der Waals surface area contributed by atoms with E-state index >= 15 is 0 Å². The monoisotopic (exact) mass is 352 g/mol. The Labute approximate surface area is 153 Å². The first-order valence-electron chi connectivity index (χ1n) is 9.00. The molecule has 0 aliphatic carbocycles. The molecule has 0 bridgehead atoms. The van der Waals surface area contributed by atoms with Gasteiger partial charge in [-0.2, -0.15) is 0 Å². The second-order valence-electron chi connectivity index (χ2n) is 5.94. The van der Waals surface area contributed by atoms with Gasteiger partial charge in [-0.3, -0.25) is 9.78 Å². The number of nitrogens with zero attached hydrogens (tertiary/aromatic N) is 3. The molecule has 0 aliphatic heterocycles. The van der Waals surface area contributed by atoms with Crippen molar-refractivity contribution in [2.24, 2.45) is 0 Å². The van der Waals surface area contributed by atoms with Gasteiger partial charge in [-0.05, 0) is 37.6 Å². The summed E-state index contributed by atoms with van der Waals surface area (Å²) in [4.78, 5) is 20.8. The lowest BCUT2D eigenvalue weighted by Gasteiger charge is -2.10. The van der Waals surface area contributed by atoms with E-state index in [4.69, 9.17) is 9.72 Å². The number of pyridine rings is 1. The van der Waals surface area contributed by atoms with Gasteiger partial charge in [-0.1, -0.05) is 18.2 Å².